The van der Waals surface area contributed by atoms with Crippen LogP contribution in [0, 0.1) is 0 Å². The van der Waals surface area contributed by atoms with E-state index in [1.165, 1.54) is 0 Å². The van der Waals surface area contributed by atoms with E-state index < -0.39 is 0 Å². The highest BCUT2D eigenvalue weighted by atomic mass is 15.3. The van der Waals surface area contributed by atoms with E-state index >= 15 is 0 Å². The van der Waals surface area contributed by atoms with Gasteiger partial charge in [-0.15, -0.1) is 0 Å². The summed E-state index contributed by atoms with van der Waals surface area (Å²) in [6.07, 6.45) is 0.975. The maximum atomic E-state index is 5.78. The minimum absolute atomic E-state index is 0.213. The Bertz CT molecular complexity index is 594. The van der Waals surface area contributed by atoms with Crippen molar-refractivity contribution in [3.8, 4) is 0 Å². The molecule has 5 heteroatoms. The largest absolute Gasteiger partial charge is 0.368 e. The number of nitrogens with zero attached hydrogens (tertiary/aromatic N) is 4. The van der Waals surface area contributed by atoms with Gasteiger partial charge in [-0.2, -0.15) is 15.0 Å². The second-order valence-electron chi connectivity index (χ2n) is 4.58. The van der Waals surface area contributed by atoms with Crippen LogP contribution in [0.4, 0.5) is 17.6 Å². The van der Waals surface area contributed by atoms with Gasteiger partial charge < -0.3 is 10.6 Å². The highest BCUT2D eigenvalue weighted by Gasteiger charge is 2.14. The Morgan fingerprint density at radius 3 is 2.50 bits per heavy atom. The molecule has 0 bridgehead atoms. The van der Waals surface area contributed by atoms with Gasteiger partial charge in [-0.1, -0.05) is 31.7 Å². The van der Waals surface area contributed by atoms with Gasteiger partial charge in [0.1, 0.15) is 0 Å². The van der Waals surface area contributed by atoms with Crippen molar-refractivity contribution in [2.24, 2.45) is 0 Å². The van der Waals surface area contributed by atoms with E-state index in [9.17, 15) is 0 Å². The summed E-state index contributed by atoms with van der Waals surface area (Å²) in [5.41, 5.74) is 7.58. The van der Waals surface area contributed by atoms with Crippen molar-refractivity contribution >= 4 is 23.2 Å². The molecular weight excluding hydrogens is 250 g/mol. The van der Waals surface area contributed by atoms with Gasteiger partial charge in [0.25, 0.3) is 0 Å². The average molecular weight is 269 g/mol. The Kier molecular flexibility index (Phi) is 4.30. The molecule has 0 saturated heterocycles. The van der Waals surface area contributed by atoms with Crippen LogP contribution in [0.3, 0.4) is 0 Å². The van der Waals surface area contributed by atoms with Crippen LogP contribution < -0.4 is 10.6 Å². The number of allylic oxidation sites excluding steroid dienone is 1. The van der Waals surface area contributed by atoms with Crippen molar-refractivity contribution in [1.82, 2.24) is 15.0 Å². The normalized spacial score (nSPS) is 10.3. The van der Waals surface area contributed by atoms with Gasteiger partial charge in [-0.25, -0.2) is 0 Å². The van der Waals surface area contributed by atoms with Crippen molar-refractivity contribution in [3.63, 3.8) is 0 Å². The van der Waals surface area contributed by atoms with Gasteiger partial charge in [-0.3, -0.25) is 0 Å². The molecule has 0 radical (unpaired) electrons. The first-order valence-electron chi connectivity index (χ1n) is 6.62. The number of nitrogen functional groups attached to an aromatic ring is 1. The molecule has 0 amide bonds. The van der Waals surface area contributed by atoms with Crippen LogP contribution in [0.25, 0.3) is 5.57 Å². The highest BCUT2D eigenvalue weighted by molar-refractivity contribution is 5.61. The molecule has 1 heterocycles. The van der Waals surface area contributed by atoms with Crippen LogP contribution in [0.5, 0.6) is 0 Å². The molecule has 0 aliphatic heterocycles. The maximum Gasteiger partial charge on any atom is 0.235 e. The molecular formula is C15H19N5. The van der Waals surface area contributed by atoms with E-state index in [-0.39, 0.29) is 5.95 Å². The highest BCUT2D eigenvalue weighted by Crippen LogP contribution is 2.23. The van der Waals surface area contributed by atoms with Crippen molar-refractivity contribution < 1.29 is 0 Å². The molecule has 0 spiro atoms. The summed E-state index contributed by atoms with van der Waals surface area (Å²) in [6.45, 7) is 8.63. The van der Waals surface area contributed by atoms with Crippen molar-refractivity contribution in [2.75, 3.05) is 17.2 Å². The van der Waals surface area contributed by atoms with Gasteiger partial charge >= 0.3 is 0 Å². The summed E-state index contributed by atoms with van der Waals surface area (Å²) < 4.78 is 0. The van der Waals surface area contributed by atoms with E-state index in [0.717, 1.165) is 24.2 Å². The molecule has 1 aromatic heterocycles. The van der Waals surface area contributed by atoms with E-state index in [4.69, 9.17) is 5.73 Å². The third kappa shape index (κ3) is 3.12. The molecule has 2 aromatic rings. The molecule has 1 aromatic carbocycles. The molecule has 5 nitrogen and oxygen atoms in total. The van der Waals surface area contributed by atoms with Crippen LogP contribution in [0.15, 0.2) is 36.9 Å². The first-order valence-corrected chi connectivity index (χ1v) is 6.62. The van der Waals surface area contributed by atoms with Gasteiger partial charge in [0.2, 0.25) is 11.9 Å². The molecule has 0 fully saturated rings. The SMILES string of the molecule is C=C(C)c1nc(N)nc(N(CCC)c2ccccc2)n1. The van der Waals surface area contributed by atoms with E-state index in [1.54, 1.807) is 0 Å². The van der Waals surface area contributed by atoms with Crippen LogP contribution in [0.1, 0.15) is 26.1 Å². The fourth-order valence-corrected chi connectivity index (χ4v) is 1.87. The second-order valence-corrected chi connectivity index (χ2v) is 4.58. The Balaban J connectivity index is 2.47. The monoisotopic (exact) mass is 269 g/mol. The Labute approximate surface area is 119 Å². The molecule has 0 atom stereocenters. The van der Waals surface area contributed by atoms with Crippen molar-refractivity contribution in [2.45, 2.75) is 20.3 Å². The predicted molar refractivity (Wildman–Crippen MR) is 82.7 cm³/mol. The van der Waals surface area contributed by atoms with Gasteiger partial charge in [0.15, 0.2) is 5.82 Å². The number of anilines is 3. The Morgan fingerprint density at radius 2 is 1.90 bits per heavy atom. The van der Waals surface area contributed by atoms with Crippen molar-refractivity contribution in [3.05, 3.63) is 42.7 Å². The minimum Gasteiger partial charge on any atom is -0.368 e. The molecule has 20 heavy (non-hydrogen) atoms. The number of nitrogens with two attached hydrogens (primary N) is 1. The zero-order valence-corrected chi connectivity index (χ0v) is 11.9. The molecule has 2 N–H and O–H groups in total. The number of benzene rings is 1. The van der Waals surface area contributed by atoms with E-state index in [0.29, 0.717) is 11.8 Å². The lowest BCUT2D eigenvalue weighted by Gasteiger charge is -2.22. The predicted octanol–water partition coefficient (Wildman–Crippen LogP) is 3.04. The molecule has 0 unspecified atom stereocenters. The van der Waals surface area contributed by atoms with Crippen LogP contribution in [0.2, 0.25) is 0 Å². The fraction of sp³-hybridized carbons (Fsp3) is 0.267. The van der Waals surface area contributed by atoms with Crippen LogP contribution in [-0.4, -0.2) is 21.5 Å². The smallest absolute Gasteiger partial charge is 0.235 e. The second kappa shape index (κ2) is 6.14. The van der Waals surface area contributed by atoms with E-state index in [2.05, 4.69) is 28.5 Å². The minimum atomic E-state index is 0.213. The summed E-state index contributed by atoms with van der Waals surface area (Å²) in [5.74, 6) is 1.30. The molecule has 0 aliphatic carbocycles. The van der Waals surface area contributed by atoms with Crippen molar-refractivity contribution in [1.29, 1.82) is 0 Å². The van der Waals surface area contributed by atoms with Crippen LogP contribution in [-0.2, 0) is 0 Å². The number of hydrogen-bond acceptors (Lipinski definition) is 5. The summed E-state index contributed by atoms with van der Waals surface area (Å²) in [5, 5.41) is 0. The zero-order valence-electron chi connectivity index (χ0n) is 11.9. The van der Waals surface area contributed by atoms with Gasteiger partial charge in [0.05, 0.1) is 0 Å². The number of rotatable bonds is 5. The topological polar surface area (TPSA) is 67.9 Å². The molecule has 0 aliphatic rings. The lowest BCUT2D eigenvalue weighted by atomic mass is 10.3. The third-order valence-corrected chi connectivity index (χ3v) is 2.78. The Hall–Kier alpha value is -2.43. The fourth-order valence-electron chi connectivity index (χ4n) is 1.87. The number of para-hydroxylation sites is 1. The molecule has 104 valence electrons. The lowest BCUT2D eigenvalue weighted by molar-refractivity contribution is 0.842. The van der Waals surface area contributed by atoms with Crippen LogP contribution >= 0.6 is 0 Å². The first kappa shape index (κ1) is 14.0. The van der Waals surface area contributed by atoms with Gasteiger partial charge in [-0.05, 0) is 31.1 Å². The van der Waals surface area contributed by atoms with Gasteiger partial charge in [0, 0.05) is 12.2 Å². The number of hydrogen-bond donors (Lipinski definition) is 1. The maximum absolute atomic E-state index is 5.78. The Morgan fingerprint density at radius 1 is 1.20 bits per heavy atom. The summed E-state index contributed by atoms with van der Waals surface area (Å²) >= 11 is 0. The summed E-state index contributed by atoms with van der Waals surface area (Å²) in [4.78, 5) is 14.8. The molecule has 2 rings (SSSR count). The molecule has 0 saturated carbocycles. The summed E-state index contributed by atoms with van der Waals surface area (Å²) in [7, 11) is 0. The zero-order chi connectivity index (χ0) is 14.5. The lowest BCUT2D eigenvalue weighted by Crippen LogP contribution is -2.22. The quantitative estimate of drug-likeness (QED) is 0.903. The summed E-state index contributed by atoms with van der Waals surface area (Å²) in [6, 6.07) is 10.0. The standard InChI is InChI=1S/C15H19N5/c1-4-10-20(12-8-6-5-7-9-12)15-18-13(11(2)3)17-14(16)19-15/h5-9H,2,4,10H2,1,3H3,(H2,16,17,18,19). The first-order chi connectivity index (χ1) is 9.61. The average Bonchev–Trinajstić information content (AvgIpc) is 2.45. The third-order valence-electron chi connectivity index (χ3n) is 2.78. The number of aromatic nitrogens is 3. The van der Waals surface area contributed by atoms with E-state index in [1.807, 2.05) is 42.2 Å².